The molecule has 0 spiro atoms. The fourth-order valence-electron chi connectivity index (χ4n) is 1.69. The molecular weight excluding hydrogens is 178 g/mol. The fraction of sp³-hybridized carbons (Fsp3) is 0.727. The van der Waals surface area contributed by atoms with Crippen LogP contribution in [0.4, 0.5) is 0 Å². The van der Waals surface area contributed by atoms with E-state index in [1.54, 1.807) is 6.08 Å². The van der Waals surface area contributed by atoms with E-state index in [1.807, 2.05) is 6.92 Å². The molecule has 0 saturated carbocycles. The lowest BCUT2D eigenvalue weighted by Gasteiger charge is -2.28. The fourth-order valence-corrected chi connectivity index (χ4v) is 1.69. The molecule has 0 aromatic rings. The summed E-state index contributed by atoms with van der Waals surface area (Å²) in [6.45, 7) is 7.54. The number of carbonyl (C=O) groups excluding carboxylic acids is 1. The van der Waals surface area contributed by atoms with Gasteiger partial charge in [0, 0.05) is 18.2 Å². The van der Waals surface area contributed by atoms with Crippen molar-refractivity contribution in [3.8, 4) is 0 Å². The van der Waals surface area contributed by atoms with Crippen molar-refractivity contribution in [2.24, 2.45) is 0 Å². The van der Waals surface area contributed by atoms with Gasteiger partial charge in [-0.2, -0.15) is 0 Å². The molecule has 0 radical (unpaired) electrons. The summed E-state index contributed by atoms with van der Waals surface area (Å²) in [4.78, 5) is 13.5. The van der Waals surface area contributed by atoms with Crippen LogP contribution in [-0.2, 0) is 9.53 Å². The second-order valence-corrected chi connectivity index (χ2v) is 4.15. The Bertz CT molecular complexity index is 256. The highest BCUT2D eigenvalue weighted by Gasteiger charge is 2.34. The predicted molar refractivity (Wildman–Crippen MR) is 56.0 cm³/mol. The van der Waals surface area contributed by atoms with Crippen molar-refractivity contribution in [1.29, 1.82) is 0 Å². The summed E-state index contributed by atoms with van der Waals surface area (Å²) >= 11 is 0. The van der Waals surface area contributed by atoms with Crippen LogP contribution in [-0.4, -0.2) is 36.6 Å². The average molecular weight is 197 g/mol. The summed E-state index contributed by atoms with van der Waals surface area (Å²) in [6, 6.07) is 0. The molecule has 1 aliphatic heterocycles. The van der Waals surface area contributed by atoms with Gasteiger partial charge in [-0.1, -0.05) is 0 Å². The van der Waals surface area contributed by atoms with E-state index in [9.17, 15) is 4.79 Å². The molecule has 0 aromatic heterocycles. The van der Waals surface area contributed by atoms with Crippen molar-refractivity contribution in [1.82, 2.24) is 4.90 Å². The predicted octanol–water partition coefficient (Wildman–Crippen LogP) is 1.59. The molecule has 0 unspecified atom stereocenters. The van der Waals surface area contributed by atoms with Gasteiger partial charge in [0.15, 0.2) is 0 Å². The second kappa shape index (κ2) is 4.13. The maximum Gasteiger partial charge on any atom is 0.330 e. The van der Waals surface area contributed by atoms with E-state index >= 15 is 0 Å². The van der Waals surface area contributed by atoms with Crippen molar-refractivity contribution in [2.45, 2.75) is 32.7 Å². The number of ether oxygens (including phenoxy) is 1. The zero-order chi connectivity index (χ0) is 10.8. The number of hydrogen-bond donors (Lipinski definition) is 0. The summed E-state index contributed by atoms with van der Waals surface area (Å²) < 4.78 is 4.90. The van der Waals surface area contributed by atoms with Crippen molar-refractivity contribution in [3.05, 3.63) is 11.6 Å². The number of likely N-dealkylation sites (N-methyl/N-ethyl adjacent to an activating group) is 1. The van der Waals surface area contributed by atoms with Gasteiger partial charge in [-0.3, -0.25) is 4.90 Å². The maximum atomic E-state index is 11.3. The summed E-state index contributed by atoms with van der Waals surface area (Å²) in [5, 5.41) is 0. The molecule has 3 nitrogen and oxygen atoms in total. The van der Waals surface area contributed by atoms with Crippen LogP contribution in [0.15, 0.2) is 11.6 Å². The Morgan fingerprint density at radius 1 is 1.64 bits per heavy atom. The molecule has 80 valence electrons. The molecule has 0 aliphatic carbocycles. The van der Waals surface area contributed by atoms with E-state index in [4.69, 9.17) is 4.74 Å². The Morgan fingerprint density at radius 2 is 2.29 bits per heavy atom. The molecule has 0 aromatic carbocycles. The highest BCUT2D eigenvalue weighted by molar-refractivity contribution is 5.83. The molecule has 0 N–H and O–H groups in total. The lowest BCUT2D eigenvalue weighted by molar-refractivity contribution is -0.137. The van der Waals surface area contributed by atoms with Crippen LogP contribution < -0.4 is 0 Å². The van der Waals surface area contributed by atoms with E-state index in [1.165, 1.54) is 5.57 Å². The highest BCUT2D eigenvalue weighted by atomic mass is 16.5. The van der Waals surface area contributed by atoms with Crippen molar-refractivity contribution in [3.63, 3.8) is 0 Å². The smallest absolute Gasteiger partial charge is 0.330 e. The minimum Gasteiger partial charge on any atom is -0.463 e. The molecule has 1 heterocycles. The first-order chi connectivity index (χ1) is 6.48. The first-order valence-corrected chi connectivity index (χ1v) is 5.07. The Hall–Kier alpha value is -0.830. The van der Waals surface area contributed by atoms with Gasteiger partial charge in [0.1, 0.15) is 0 Å². The SMILES string of the molecule is CCOC(=O)/C=C1\CCN(C)C1(C)C. The topological polar surface area (TPSA) is 29.5 Å². The highest BCUT2D eigenvalue weighted by Crippen LogP contribution is 2.32. The van der Waals surface area contributed by atoms with E-state index in [2.05, 4.69) is 25.8 Å². The summed E-state index contributed by atoms with van der Waals surface area (Å²) in [7, 11) is 2.08. The van der Waals surface area contributed by atoms with E-state index in [0.29, 0.717) is 6.61 Å². The number of hydrogen-bond acceptors (Lipinski definition) is 3. The number of nitrogens with zero attached hydrogens (tertiary/aromatic N) is 1. The molecule has 0 amide bonds. The van der Waals surface area contributed by atoms with Crippen molar-refractivity contribution < 1.29 is 9.53 Å². The Balaban J connectivity index is 2.74. The molecule has 0 bridgehead atoms. The van der Waals surface area contributed by atoms with Crippen LogP contribution in [0.2, 0.25) is 0 Å². The number of esters is 1. The second-order valence-electron chi connectivity index (χ2n) is 4.15. The number of carbonyl (C=O) groups is 1. The van der Waals surface area contributed by atoms with Gasteiger partial charge in [-0.05, 0) is 39.8 Å². The van der Waals surface area contributed by atoms with Gasteiger partial charge in [0.05, 0.1) is 6.61 Å². The van der Waals surface area contributed by atoms with Crippen LogP contribution in [0, 0.1) is 0 Å². The third-order valence-corrected chi connectivity index (χ3v) is 3.04. The Morgan fingerprint density at radius 3 is 2.71 bits per heavy atom. The normalized spacial score (nSPS) is 24.1. The molecule has 1 fully saturated rings. The molecular formula is C11H19NO2. The minimum absolute atomic E-state index is 0.00718. The third-order valence-electron chi connectivity index (χ3n) is 3.04. The summed E-state index contributed by atoms with van der Waals surface area (Å²) in [6.07, 6.45) is 2.61. The van der Waals surface area contributed by atoms with E-state index in [-0.39, 0.29) is 11.5 Å². The van der Waals surface area contributed by atoms with Crippen molar-refractivity contribution in [2.75, 3.05) is 20.2 Å². The largest absolute Gasteiger partial charge is 0.463 e. The lowest BCUT2D eigenvalue weighted by Crippen LogP contribution is -2.36. The van der Waals surface area contributed by atoms with E-state index < -0.39 is 0 Å². The molecule has 0 atom stereocenters. The lowest BCUT2D eigenvalue weighted by atomic mass is 9.95. The molecule has 3 heteroatoms. The molecule has 1 aliphatic rings. The molecule has 14 heavy (non-hydrogen) atoms. The van der Waals surface area contributed by atoms with Gasteiger partial charge in [0.25, 0.3) is 0 Å². The molecule has 1 rings (SSSR count). The van der Waals surface area contributed by atoms with Gasteiger partial charge in [-0.25, -0.2) is 4.79 Å². The van der Waals surface area contributed by atoms with Crippen LogP contribution in [0.5, 0.6) is 0 Å². The first-order valence-electron chi connectivity index (χ1n) is 5.07. The first kappa shape index (κ1) is 11.2. The average Bonchev–Trinajstić information content (AvgIpc) is 2.32. The zero-order valence-electron chi connectivity index (χ0n) is 9.46. The van der Waals surface area contributed by atoms with E-state index in [0.717, 1.165) is 13.0 Å². The summed E-state index contributed by atoms with van der Waals surface area (Å²) in [5.41, 5.74) is 1.16. The van der Waals surface area contributed by atoms with Crippen LogP contribution in [0.1, 0.15) is 27.2 Å². The van der Waals surface area contributed by atoms with Crippen LogP contribution >= 0.6 is 0 Å². The minimum atomic E-state index is -0.217. The zero-order valence-corrected chi connectivity index (χ0v) is 9.46. The number of rotatable bonds is 2. The quantitative estimate of drug-likeness (QED) is 0.497. The maximum absolute atomic E-state index is 11.3. The molecule has 1 saturated heterocycles. The Kier molecular flexibility index (Phi) is 3.32. The van der Waals surface area contributed by atoms with Gasteiger partial charge >= 0.3 is 5.97 Å². The van der Waals surface area contributed by atoms with Crippen LogP contribution in [0.3, 0.4) is 0 Å². The monoisotopic (exact) mass is 197 g/mol. The van der Waals surface area contributed by atoms with Gasteiger partial charge < -0.3 is 4.74 Å². The van der Waals surface area contributed by atoms with Gasteiger partial charge in [0.2, 0.25) is 0 Å². The van der Waals surface area contributed by atoms with Gasteiger partial charge in [-0.15, -0.1) is 0 Å². The Labute approximate surface area is 85.7 Å². The summed E-state index contributed by atoms with van der Waals surface area (Å²) in [5.74, 6) is -0.217. The third kappa shape index (κ3) is 2.15. The van der Waals surface area contributed by atoms with Crippen LogP contribution in [0.25, 0.3) is 0 Å². The van der Waals surface area contributed by atoms with Crippen molar-refractivity contribution >= 4 is 5.97 Å². The number of likely N-dealkylation sites (tertiary alicyclic amines) is 1. The standard InChI is InChI=1S/C11H19NO2/c1-5-14-10(13)8-9-6-7-12(4)11(9,2)3/h8H,5-7H2,1-4H3/b9-8+.